The monoisotopic (exact) mass is 297 g/mol. The maximum atomic E-state index is 9.37. The van der Waals surface area contributed by atoms with Crippen molar-refractivity contribution in [2.24, 2.45) is 7.05 Å². The molecule has 0 atom stereocenters. The fraction of sp³-hybridized carbons (Fsp3) is 0.235. The minimum Gasteiger partial charge on any atom is -0.496 e. The number of aliphatic hydroxyl groups is 1. The standard InChI is InChI=1S/C17H19N3O2/c1-20-15-6-4-3-5-14(15)19-17(20)10-18-13-7-8-16(22-2)12(9-13)11-21/h3-9,18,21H,10-11H2,1-2H3. The Kier molecular flexibility index (Phi) is 3.98. The zero-order valence-electron chi connectivity index (χ0n) is 12.7. The third kappa shape index (κ3) is 2.63. The van der Waals surface area contributed by atoms with Crippen molar-refractivity contribution < 1.29 is 9.84 Å². The molecule has 0 fully saturated rings. The number of rotatable bonds is 5. The minimum atomic E-state index is -0.0506. The topological polar surface area (TPSA) is 59.3 Å². The maximum Gasteiger partial charge on any atom is 0.128 e. The second-order valence-electron chi connectivity index (χ2n) is 5.11. The summed E-state index contributed by atoms with van der Waals surface area (Å²) in [5, 5.41) is 12.7. The Morgan fingerprint density at radius 3 is 2.77 bits per heavy atom. The summed E-state index contributed by atoms with van der Waals surface area (Å²) in [6.45, 7) is 0.563. The third-order valence-corrected chi connectivity index (χ3v) is 3.78. The number of anilines is 1. The van der Waals surface area contributed by atoms with Gasteiger partial charge in [-0.3, -0.25) is 0 Å². The SMILES string of the molecule is COc1ccc(NCc2nc3ccccc3n2C)cc1CO. The van der Waals surface area contributed by atoms with E-state index in [1.54, 1.807) is 7.11 Å². The predicted molar refractivity (Wildman–Crippen MR) is 87.0 cm³/mol. The summed E-state index contributed by atoms with van der Waals surface area (Å²) in [6, 6.07) is 13.7. The lowest BCUT2D eigenvalue weighted by Gasteiger charge is -2.11. The number of ether oxygens (including phenoxy) is 1. The average molecular weight is 297 g/mol. The van der Waals surface area contributed by atoms with Gasteiger partial charge in [0.1, 0.15) is 11.6 Å². The van der Waals surface area contributed by atoms with Crippen LogP contribution >= 0.6 is 0 Å². The zero-order chi connectivity index (χ0) is 15.5. The maximum absolute atomic E-state index is 9.37. The molecule has 0 aliphatic heterocycles. The first-order valence-electron chi connectivity index (χ1n) is 7.15. The first-order chi connectivity index (χ1) is 10.7. The largest absolute Gasteiger partial charge is 0.496 e. The molecule has 1 aromatic heterocycles. The highest BCUT2D eigenvalue weighted by Gasteiger charge is 2.08. The second-order valence-corrected chi connectivity index (χ2v) is 5.11. The Morgan fingerprint density at radius 2 is 2.05 bits per heavy atom. The summed E-state index contributed by atoms with van der Waals surface area (Å²) in [7, 11) is 3.61. The van der Waals surface area contributed by atoms with E-state index < -0.39 is 0 Å². The highest BCUT2D eigenvalue weighted by Crippen LogP contribution is 2.23. The molecule has 3 rings (SSSR count). The first kappa shape index (κ1) is 14.4. The number of fused-ring (bicyclic) bond motifs is 1. The second kappa shape index (κ2) is 6.07. The Balaban J connectivity index is 1.80. The number of imidazole rings is 1. The molecule has 5 nitrogen and oxygen atoms in total. The molecular weight excluding hydrogens is 278 g/mol. The van der Waals surface area contributed by atoms with Gasteiger partial charge in [-0.25, -0.2) is 4.98 Å². The normalized spacial score (nSPS) is 10.9. The molecule has 0 saturated heterocycles. The van der Waals surface area contributed by atoms with Crippen LogP contribution in [0.2, 0.25) is 0 Å². The highest BCUT2D eigenvalue weighted by atomic mass is 16.5. The van der Waals surface area contributed by atoms with E-state index in [2.05, 4.69) is 20.9 Å². The van der Waals surface area contributed by atoms with Gasteiger partial charge in [0.05, 0.1) is 31.3 Å². The van der Waals surface area contributed by atoms with Crippen molar-refractivity contribution in [2.75, 3.05) is 12.4 Å². The quantitative estimate of drug-likeness (QED) is 0.760. The van der Waals surface area contributed by atoms with Gasteiger partial charge >= 0.3 is 0 Å². The number of hydrogen-bond donors (Lipinski definition) is 2. The van der Waals surface area contributed by atoms with Gasteiger partial charge in [-0.15, -0.1) is 0 Å². The van der Waals surface area contributed by atoms with Gasteiger partial charge < -0.3 is 19.7 Å². The lowest BCUT2D eigenvalue weighted by Crippen LogP contribution is -2.06. The molecule has 5 heteroatoms. The first-order valence-corrected chi connectivity index (χ1v) is 7.15. The van der Waals surface area contributed by atoms with Gasteiger partial charge in [0.2, 0.25) is 0 Å². The molecule has 114 valence electrons. The highest BCUT2D eigenvalue weighted by molar-refractivity contribution is 5.75. The van der Waals surface area contributed by atoms with E-state index in [4.69, 9.17) is 4.74 Å². The molecule has 1 heterocycles. The number of aromatic nitrogens is 2. The van der Waals surface area contributed by atoms with Crippen molar-refractivity contribution >= 4 is 16.7 Å². The van der Waals surface area contributed by atoms with Crippen LogP contribution in [0.5, 0.6) is 5.75 Å². The molecule has 2 aromatic carbocycles. The smallest absolute Gasteiger partial charge is 0.128 e. The van der Waals surface area contributed by atoms with E-state index in [1.165, 1.54) is 0 Å². The van der Waals surface area contributed by atoms with Crippen LogP contribution in [0, 0.1) is 0 Å². The van der Waals surface area contributed by atoms with Crippen molar-refractivity contribution in [2.45, 2.75) is 13.2 Å². The molecular formula is C17H19N3O2. The fourth-order valence-electron chi connectivity index (χ4n) is 2.55. The van der Waals surface area contributed by atoms with Gasteiger partial charge in [-0.2, -0.15) is 0 Å². The summed E-state index contributed by atoms with van der Waals surface area (Å²) in [4.78, 5) is 4.63. The molecule has 0 saturated carbocycles. The molecule has 0 bridgehead atoms. The number of benzene rings is 2. The Labute approximate surface area is 129 Å². The number of aliphatic hydroxyl groups excluding tert-OH is 1. The minimum absolute atomic E-state index is 0.0506. The van der Waals surface area contributed by atoms with Crippen LogP contribution in [0.3, 0.4) is 0 Å². The van der Waals surface area contributed by atoms with E-state index in [0.29, 0.717) is 12.3 Å². The van der Waals surface area contributed by atoms with Crippen LogP contribution in [-0.4, -0.2) is 21.8 Å². The summed E-state index contributed by atoms with van der Waals surface area (Å²) < 4.78 is 7.29. The van der Waals surface area contributed by atoms with Crippen LogP contribution in [0.15, 0.2) is 42.5 Å². The Bertz CT molecular complexity index is 796. The molecule has 0 aliphatic rings. The van der Waals surface area contributed by atoms with Crippen LogP contribution < -0.4 is 10.1 Å². The molecule has 0 amide bonds. The van der Waals surface area contributed by atoms with Crippen molar-refractivity contribution in [3.05, 3.63) is 53.9 Å². The average Bonchev–Trinajstić information content (AvgIpc) is 2.89. The van der Waals surface area contributed by atoms with Crippen molar-refractivity contribution in [1.29, 1.82) is 0 Å². The molecule has 0 radical (unpaired) electrons. The number of hydrogen-bond acceptors (Lipinski definition) is 4. The molecule has 0 spiro atoms. The molecule has 22 heavy (non-hydrogen) atoms. The number of para-hydroxylation sites is 2. The van der Waals surface area contributed by atoms with E-state index in [9.17, 15) is 5.11 Å². The number of aryl methyl sites for hydroxylation is 1. The van der Waals surface area contributed by atoms with E-state index in [1.807, 2.05) is 43.4 Å². The van der Waals surface area contributed by atoms with Gasteiger partial charge in [0, 0.05) is 18.3 Å². The lowest BCUT2D eigenvalue weighted by atomic mass is 10.2. The third-order valence-electron chi connectivity index (χ3n) is 3.78. The zero-order valence-corrected chi connectivity index (χ0v) is 12.7. The Hall–Kier alpha value is -2.53. The molecule has 2 N–H and O–H groups in total. The van der Waals surface area contributed by atoms with E-state index >= 15 is 0 Å². The number of nitrogens with one attached hydrogen (secondary N) is 1. The Morgan fingerprint density at radius 1 is 1.23 bits per heavy atom. The molecule has 0 unspecified atom stereocenters. The van der Waals surface area contributed by atoms with Crippen molar-refractivity contribution in [3.63, 3.8) is 0 Å². The summed E-state index contributed by atoms with van der Waals surface area (Å²) in [6.07, 6.45) is 0. The van der Waals surface area contributed by atoms with Gasteiger partial charge in [0.25, 0.3) is 0 Å². The van der Waals surface area contributed by atoms with Crippen molar-refractivity contribution in [3.8, 4) is 5.75 Å². The lowest BCUT2D eigenvalue weighted by molar-refractivity contribution is 0.274. The van der Waals surface area contributed by atoms with Crippen molar-refractivity contribution in [1.82, 2.24) is 9.55 Å². The van der Waals surface area contributed by atoms with E-state index in [-0.39, 0.29) is 6.61 Å². The van der Waals surface area contributed by atoms with Gasteiger partial charge in [-0.05, 0) is 30.3 Å². The number of methoxy groups -OCH3 is 1. The number of nitrogens with zero attached hydrogens (tertiary/aromatic N) is 2. The van der Waals surface area contributed by atoms with Crippen LogP contribution in [0.4, 0.5) is 5.69 Å². The summed E-state index contributed by atoms with van der Waals surface area (Å²) in [5.41, 5.74) is 3.80. The fourth-order valence-corrected chi connectivity index (χ4v) is 2.55. The summed E-state index contributed by atoms with van der Waals surface area (Å²) >= 11 is 0. The summed E-state index contributed by atoms with van der Waals surface area (Å²) in [5.74, 6) is 1.65. The van der Waals surface area contributed by atoms with Crippen LogP contribution in [0.25, 0.3) is 11.0 Å². The van der Waals surface area contributed by atoms with Crippen LogP contribution in [-0.2, 0) is 20.2 Å². The van der Waals surface area contributed by atoms with Crippen LogP contribution in [0.1, 0.15) is 11.4 Å². The molecule has 0 aliphatic carbocycles. The van der Waals surface area contributed by atoms with E-state index in [0.717, 1.165) is 28.1 Å². The van der Waals surface area contributed by atoms with Gasteiger partial charge in [-0.1, -0.05) is 12.1 Å². The predicted octanol–water partition coefficient (Wildman–Crippen LogP) is 2.69. The van der Waals surface area contributed by atoms with Gasteiger partial charge in [0.15, 0.2) is 0 Å². The molecule has 3 aromatic rings.